The Bertz CT molecular complexity index is 118. The van der Waals surface area contributed by atoms with Gasteiger partial charge in [0.05, 0.1) is 21.1 Å². The van der Waals surface area contributed by atoms with Gasteiger partial charge in [-0.2, -0.15) is 0 Å². The van der Waals surface area contributed by atoms with E-state index < -0.39 is 0 Å². The van der Waals surface area contributed by atoms with Gasteiger partial charge < -0.3 is 0 Å². The number of hydrogen-bond acceptors (Lipinski definition) is 0. The lowest BCUT2D eigenvalue weighted by Gasteiger charge is -2.05. The maximum absolute atomic E-state index is 5.75. The average molecular weight is 170 g/mol. The molecule has 0 saturated heterocycles. The van der Waals surface area contributed by atoms with Gasteiger partial charge in [0, 0.05) is 11.6 Å². The van der Waals surface area contributed by atoms with E-state index in [-0.39, 0.29) is 0 Å². The minimum absolute atomic E-state index is 0.414. The van der Waals surface area contributed by atoms with Crippen LogP contribution < -0.4 is 0 Å². The molecule has 0 aliphatic heterocycles. The Morgan fingerprint density at radius 1 is 1.56 bits per heavy atom. The van der Waals surface area contributed by atoms with Gasteiger partial charge >= 0.3 is 5.29 Å². The molecule has 0 spiro atoms. The monoisotopic (exact) mass is 169 g/mol. The predicted molar refractivity (Wildman–Crippen MR) is 41.5 cm³/mol. The van der Waals surface area contributed by atoms with Crippen LogP contribution in [-0.4, -0.2) is 41.9 Å². The molecule has 0 aliphatic rings. The summed E-state index contributed by atoms with van der Waals surface area (Å²) in [4.78, 5) is 1.74. The Labute approximate surface area is 65.7 Å². The third kappa shape index (κ3) is 2.92. The highest BCUT2D eigenvalue weighted by Gasteiger charge is 2.09. The number of halogens is 2. The van der Waals surface area contributed by atoms with Gasteiger partial charge in [-0.3, -0.25) is 4.58 Å². The summed E-state index contributed by atoms with van der Waals surface area (Å²) in [6, 6.07) is 0.414. The van der Waals surface area contributed by atoms with Crippen molar-refractivity contribution in [3.8, 4) is 0 Å². The molecule has 0 atom stereocenters. The number of rotatable bonds is 1. The third-order valence-electron chi connectivity index (χ3n) is 0.863. The maximum atomic E-state index is 5.75. The summed E-state index contributed by atoms with van der Waals surface area (Å²) < 4.78 is 1.80. The Morgan fingerprint density at radius 2 is 2.00 bits per heavy atom. The molecule has 0 aliphatic carbocycles. The van der Waals surface area contributed by atoms with Crippen LogP contribution in [-0.2, 0) is 0 Å². The molecule has 9 heavy (non-hydrogen) atoms. The van der Waals surface area contributed by atoms with E-state index in [1.807, 2.05) is 21.1 Å². The first-order valence-corrected chi connectivity index (χ1v) is 3.47. The standard InChI is InChI=1S/C5H11Cl2N2/c1-8(2)5(7)9(3)4-6/h4H2,1-3H3/q+1. The lowest BCUT2D eigenvalue weighted by molar-refractivity contribution is -0.466. The van der Waals surface area contributed by atoms with Crippen molar-refractivity contribution < 1.29 is 4.58 Å². The molecule has 0 unspecified atom stereocenters. The van der Waals surface area contributed by atoms with Gasteiger partial charge in [-0.15, -0.1) is 0 Å². The first-order valence-electron chi connectivity index (χ1n) is 2.56. The van der Waals surface area contributed by atoms with E-state index in [0.717, 1.165) is 0 Å². The van der Waals surface area contributed by atoms with Crippen molar-refractivity contribution in [3.63, 3.8) is 0 Å². The Kier molecular flexibility index (Phi) is 3.98. The van der Waals surface area contributed by atoms with Crippen LogP contribution in [0.3, 0.4) is 0 Å². The van der Waals surface area contributed by atoms with Crippen molar-refractivity contribution in [2.24, 2.45) is 0 Å². The molecule has 54 valence electrons. The van der Waals surface area contributed by atoms with Crippen LogP contribution in [0.4, 0.5) is 0 Å². The van der Waals surface area contributed by atoms with Crippen molar-refractivity contribution in [2.75, 3.05) is 27.1 Å². The zero-order valence-corrected chi connectivity index (χ0v) is 7.37. The summed E-state index contributed by atoms with van der Waals surface area (Å²) >= 11 is 11.2. The van der Waals surface area contributed by atoms with Gasteiger partial charge in [-0.1, -0.05) is 11.6 Å². The van der Waals surface area contributed by atoms with E-state index in [4.69, 9.17) is 23.2 Å². The fraction of sp³-hybridized carbons (Fsp3) is 0.800. The molecular formula is C5H11Cl2N2+. The molecule has 0 rings (SSSR count). The van der Waals surface area contributed by atoms with Crippen molar-refractivity contribution >= 4 is 28.5 Å². The van der Waals surface area contributed by atoms with Crippen LogP contribution in [0.5, 0.6) is 0 Å². The van der Waals surface area contributed by atoms with Crippen LogP contribution in [0.25, 0.3) is 0 Å². The molecule has 0 fully saturated rings. The van der Waals surface area contributed by atoms with Gasteiger partial charge in [0.1, 0.15) is 0 Å². The van der Waals surface area contributed by atoms with Crippen molar-refractivity contribution in [2.45, 2.75) is 0 Å². The fourth-order valence-electron chi connectivity index (χ4n) is 0.391. The van der Waals surface area contributed by atoms with E-state index in [2.05, 4.69) is 0 Å². The molecule has 0 aromatic rings. The summed E-state index contributed by atoms with van der Waals surface area (Å²) in [6.45, 7) is 0. The van der Waals surface area contributed by atoms with Gasteiger partial charge in [-0.05, 0) is 0 Å². The van der Waals surface area contributed by atoms with Crippen LogP contribution in [0, 0.1) is 0 Å². The number of alkyl halides is 1. The SMILES string of the molecule is CN(CCl)C(Cl)=[N+](C)C. The minimum Gasteiger partial charge on any atom is -0.257 e. The molecule has 0 N–H and O–H groups in total. The second kappa shape index (κ2) is 3.96. The minimum atomic E-state index is 0.414. The number of amidine groups is 1. The molecule has 0 aromatic carbocycles. The Balaban J connectivity index is 4.02. The molecule has 2 nitrogen and oxygen atoms in total. The van der Waals surface area contributed by atoms with Crippen molar-refractivity contribution in [3.05, 3.63) is 0 Å². The Morgan fingerprint density at radius 3 is 2.11 bits per heavy atom. The zero-order valence-electron chi connectivity index (χ0n) is 5.86. The van der Waals surface area contributed by atoms with Gasteiger partial charge in [-0.25, -0.2) is 4.90 Å². The van der Waals surface area contributed by atoms with E-state index in [1.54, 1.807) is 9.48 Å². The van der Waals surface area contributed by atoms with E-state index in [1.165, 1.54) is 0 Å². The number of nitrogens with zero attached hydrogens (tertiary/aromatic N) is 2. The van der Waals surface area contributed by atoms with Crippen molar-refractivity contribution in [1.29, 1.82) is 0 Å². The molecule has 0 amide bonds. The quantitative estimate of drug-likeness (QED) is 0.187. The maximum Gasteiger partial charge on any atom is 0.345 e. The Hall–Kier alpha value is 0.0500. The van der Waals surface area contributed by atoms with Crippen LogP contribution >= 0.6 is 23.2 Å². The molecular weight excluding hydrogens is 159 g/mol. The first kappa shape index (κ1) is 9.05. The van der Waals surface area contributed by atoms with E-state index >= 15 is 0 Å². The largest absolute Gasteiger partial charge is 0.345 e. The highest BCUT2D eigenvalue weighted by atomic mass is 35.5. The van der Waals surface area contributed by atoms with E-state index in [9.17, 15) is 0 Å². The molecule has 0 heterocycles. The lowest BCUT2D eigenvalue weighted by Crippen LogP contribution is -2.27. The second-order valence-electron chi connectivity index (χ2n) is 1.98. The van der Waals surface area contributed by atoms with Crippen LogP contribution in [0.1, 0.15) is 0 Å². The van der Waals surface area contributed by atoms with E-state index in [0.29, 0.717) is 11.3 Å². The smallest absolute Gasteiger partial charge is 0.257 e. The lowest BCUT2D eigenvalue weighted by atomic mass is 10.9. The summed E-state index contributed by atoms with van der Waals surface area (Å²) in [5, 5.41) is 0.644. The highest BCUT2D eigenvalue weighted by molar-refractivity contribution is 6.63. The predicted octanol–water partition coefficient (Wildman–Crippen LogP) is 0.981. The van der Waals surface area contributed by atoms with Crippen LogP contribution in [0.2, 0.25) is 0 Å². The summed E-state index contributed by atoms with van der Waals surface area (Å²) in [7, 11) is 5.56. The molecule has 0 saturated carbocycles. The second-order valence-corrected chi connectivity index (χ2v) is 2.56. The van der Waals surface area contributed by atoms with Crippen LogP contribution in [0.15, 0.2) is 0 Å². The average Bonchev–Trinajstić information content (AvgIpc) is 1.84. The molecule has 0 aromatic heterocycles. The first-order chi connectivity index (χ1) is 4.09. The number of hydrogen-bond donors (Lipinski definition) is 0. The van der Waals surface area contributed by atoms with Gasteiger partial charge in [0.2, 0.25) is 0 Å². The summed E-state index contributed by atoms with van der Waals surface area (Å²) in [5.41, 5.74) is 0. The molecule has 0 radical (unpaired) electrons. The summed E-state index contributed by atoms with van der Waals surface area (Å²) in [6.07, 6.45) is 0. The van der Waals surface area contributed by atoms with Gasteiger partial charge in [0.25, 0.3) is 0 Å². The van der Waals surface area contributed by atoms with Gasteiger partial charge in [0.15, 0.2) is 6.00 Å². The highest BCUT2D eigenvalue weighted by Crippen LogP contribution is 1.92. The third-order valence-corrected chi connectivity index (χ3v) is 1.85. The van der Waals surface area contributed by atoms with Crippen molar-refractivity contribution in [1.82, 2.24) is 4.90 Å². The normalized spacial score (nSPS) is 9.00. The zero-order chi connectivity index (χ0) is 7.44. The topological polar surface area (TPSA) is 6.25 Å². The summed E-state index contributed by atoms with van der Waals surface area (Å²) in [5.74, 6) is 0. The molecule has 4 heteroatoms. The fourth-order valence-corrected chi connectivity index (χ4v) is 0.625. The molecule has 0 bridgehead atoms.